The summed E-state index contributed by atoms with van der Waals surface area (Å²) in [5.74, 6) is -0.299. The van der Waals surface area contributed by atoms with Crippen LogP contribution in [0.4, 0.5) is 0 Å². The molecule has 5 nitrogen and oxygen atoms in total. The molecule has 0 fully saturated rings. The lowest BCUT2D eigenvalue weighted by Gasteiger charge is -2.30. The van der Waals surface area contributed by atoms with E-state index < -0.39 is 5.54 Å². The van der Waals surface area contributed by atoms with E-state index in [2.05, 4.69) is 18.7 Å². The van der Waals surface area contributed by atoms with Crippen molar-refractivity contribution in [3.8, 4) is 0 Å². The largest absolute Gasteiger partial charge is 0.368 e. The SMILES string of the molecule is CN(C)C(C)(C)C(N)=O.CN(C)C(C)(C)CN.Cl.Cl. The molecular formula is C12H32Cl2N4O. The van der Waals surface area contributed by atoms with Crippen molar-refractivity contribution in [3.63, 3.8) is 0 Å². The second-order valence-corrected chi connectivity index (χ2v) is 5.73. The molecule has 0 saturated heterocycles. The fraction of sp³-hybridized carbons (Fsp3) is 0.917. The molecule has 0 saturated carbocycles. The summed E-state index contributed by atoms with van der Waals surface area (Å²) in [5, 5.41) is 0. The fourth-order valence-corrected chi connectivity index (χ4v) is 0.403. The van der Waals surface area contributed by atoms with Gasteiger partial charge in [0.05, 0.1) is 5.54 Å². The number of halogens is 2. The molecule has 0 spiro atoms. The number of hydrogen-bond acceptors (Lipinski definition) is 4. The molecule has 0 atom stereocenters. The van der Waals surface area contributed by atoms with Crippen molar-refractivity contribution in [2.45, 2.75) is 38.8 Å². The lowest BCUT2D eigenvalue weighted by atomic mass is 10.0. The van der Waals surface area contributed by atoms with Gasteiger partial charge in [-0.1, -0.05) is 0 Å². The third-order valence-corrected chi connectivity index (χ3v) is 3.43. The van der Waals surface area contributed by atoms with E-state index in [1.54, 1.807) is 18.7 Å². The highest BCUT2D eigenvalue weighted by Crippen LogP contribution is 2.07. The van der Waals surface area contributed by atoms with E-state index >= 15 is 0 Å². The Hall–Kier alpha value is -0.0700. The number of carbonyl (C=O) groups is 1. The number of hydrogen-bond donors (Lipinski definition) is 2. The summed E-state index contributed by atoms with van der Waals surface area (Å²) in [6.07, 6.45) is 0. The molecule has 4 N–H and O–H groups in total. The Labute approximate surface area is 130 Å². The van der Waals surface area contributed by atoms with Crippen LogP contribution in [0, 0.1) is 0 Å². The molecule has 0 bridgehead atoms. The van der Waals surface area contributed by atoms with Gasteiger partial charge >= 0.3 is 0 Å². The first-order valence-electron chi connectivity index (χ1n) is 5.74. The molecule has 0 aliphatic carbocycles. The van der Waals surface area contributed by atoms with Gasteiger partial charge in [0.25, 0.3) is 0 Å². The number of nitrogens with zero attached hydrogens (tertiary/aromatic N) is 2. The van der Waals surface area contributed by atoms with Crippen molar-refractivity contribution in [1.29, 1.82) is 0 Å². The number of primary amides is 1. The van der Waals surface area contributed by atoms with Gasteiger partial charge in [0.15, 0.2) is 0 Å². The summed E-state index contributed by atoms with van der Waals surface area (Å²) in [5.41, 5.74) is 10.2. The van der Waals surface area contributed by atoms with E-state index in [4.69, 9.17) is 11.5 Å². The zero-order valence-corrected chi connectivity index (χ0v) is 15.1. The molecule has 120 valence electrons. The van der Waals surface area contributed by atoms with Gasteiger partial charge in [-0.05, 0) is 55.9 Å². The molecule has 0 aromatic rings. The monoisotopic (exact) mass is 318 g/mol. The van der Waals surface area contributed by atoms with Crippen LogP contribution in [0.3, 0.4) is 0 Å². The first-order valence-corrected chi connectivity index (χ1v) is 5.74. The van der Waals surface area contributed by atoms with E-state index in [1.165, 1.54) is 0 Å². The third kappa shape index (κ3) is 10.4. The number of likely N-dealkylation sites (N-methyl/N-ethyl adjacent to an activating group) is 2. The summed E-state index contributed by atoms with van der Waals surface area (Å²) < 4.78 is 0. The molecule has 7 heteroatoms. The minimum atomic E-state index is -0.528. The van der Waals surface area contributed by atoms with Gasteiger partial charge in [0.1, 0.15) is 0 Å². The van der Waals surface area contributed by atoms with Gasteiger partial charge in [-0.15, -0.1) is 24.8 Å². The van der Waals surface area contributed by atoms with E-state index in [0.717, 1.165) is 0 Å². The van der Waals surface area contributed by atoms with Crippen molar-refractivity contribution in [3.05, 3.63) is 0 Å². The lowest BCUT2D eigenvalue weighted by Crippen LogP contribution is -2.49. The van der Waals surface area contributed by atoms with Crippen molar-refractivity contribution < 1.29 is 4.79 Å². The molecule has 0 aromatic heterocycles. The average molecular weight is 319 g/mol. The topological polar surface area (TPSA) is 75.6 Å². The number of nitrogens with two attached hydrogens (primary N) is 2. The Morgan fingerprint density at radius 2 is 1.26 bits per heavy atom. The van der Waals surface area contributed by atoms with Crippen LogP contribution < -0.4 is 11.5 Å². The van der Waals surface area contributed by atoms with E-state index in [9.17, 15) is 4.79 Å². The summed E-state index contributed by atoms with van der Waals surface area (Å²) in [6, 6.07) is 0. The van der Waals surface area contributed by atoms with Gasteiger partial charge in [-0.25, -0.2) is 0 Å². The highest BCUT2D eigenvalue weighted by Gasteiger charge is 2.26. The smallest absolute Gasteiger partial charge is 0.237 e. The van der Waals surface area contributed by atoms with Crippen LogP contribution in [0.2, 0.25) is 0 Å². The van der Waals surface area contributed by atoms with Crippen molar-refractivity contribution in [2.75, 3.05) is 34.7 Å². The summed E-state index contributed by atoms with van der Waals surface area (Å²) in [4.78, 5) is 14.5. The van der Waals surface area contributed by atoms with Crippen molar-refractivity contribution in [1.82, 2.24) is 9.80 Å². The second kappa shape index (κ2) is 10.7. The van der Waals surface area contributed by atoms with Crippen LogP contribution in [0.5, 0.6) is 0 Å². The number of rotatable bonds is 4. The Bertz CT molecular complexity index is 244. The zero-order valence-electron chi connectivity index (χ0n) is 13.5. The van der Waals surface area contributed by atoms with Crippen LogP contribution >= 0.6 is 24.8 Å². The minimum absolute atomic E-state index is 0. The molecule has 1 amide bonds. The minimum Gasteiger partial charge on any atom is -0.368 e. The Kier molecular flexibility index (Phi) is 15.4. The number of carbonyl (C=O) groups excluding carboxylic acids is 1. The van der Waals surface area contributed by atoms with Crippen molar-refractivity contribution >= 4 is 30.7 Å². The number of amides is 1. The van der Waals surface area contributed by atoms with Crippen LogP contribution in [-0.2, 0) is 4.79 Å². The molecule has 19 heavy (non-hydrogen) atoms. The van der Waals surface area contributed by atoms with Gasteiger partial charge in [-0.2, -0.15) is 0 Å². The van der Waals surface area contributed by atoms with Crippen LogP contribution in [-0.4, -0.2) is 61.5 Å². The van der Waals surface area contributed by atoms with Gasteiger partial charge in [-0.3, -0.25) is 9.69 Å². The molecule has 0 radical (unpaired) electrons. The van der Waals surface area contributed by atoms with Crippen LogP contribution in [0.15, 0.2) is 0 Å². The fourth-order valence-electron chi connectivity index (χ4n) is 0.403. The van der Waals surface area contributed by atoms with Gasteiger partial charge in [0.2, 0.25) is 5.91 Å². The molecular weight excluding hydrogens is 287 g/mol. The predicted octanol–water partition coefficient (Wildman–Crippen LogP) is 0.941. The highest BCUT2D eigenvalue weighted by atomic mass is 35.5. The second-order valence-electron chi connectivity index (χ2n) is 5.73. The van der Waals surface area contributed by atoms with Crippen molar-refractivity contribution in [2.24, 2.45) is 11.5 Å². The van der Waals surface area contributed by atoms with Crippen LogP contribution in [0.1, 0.15) is 27.7 Å². The van der Waals surface area contributed by atoms with E-state index in [0.29, 0.717) is 6.54 Å². The Morgan fingerprint density at radius 3 is 1.26 bits per heavy atom. The Balaban J connectivity index is -0.000000108. The Morgan fingerprint density at radius 1 is 0.947 bits per heavy atom. The summed E-state index contributed by atoms with van der Waals surface area (Å²) >= 11 is 0. The standard InChI is InChI=1S/C6H14N2O.C6H16N2.2ClH/c1-6(2,5(7)9)8(3)4;1-6(2,5-7)8(3)4;;/h1-4H3,(H2,7,9);5,7H2,1-4H3;2*1H. The van der Waals surface area contributed by atoms with E-state index in [-0.39, 0.29) is 36.3 Å². The first-order chi connectivity index (χ1) is 7.39. The van der Waals surface area contributed by atoms with Crippen LogP contribution in [0.25, 0.3) is 0 Å². The molecule has 0 unspecified atom stereocenters. The van der Waals surface area contributed by atoms with Gasteiger partial charge < -0.3 is 16.4 Å². The maximum absolute atomic E-state index is 10.6. The van der Waals surface area contributed by atoms with E-state index in [1.807, 2.05) is 28.2 Å². The molecule has 0 aliphatic rings. The van der Waals surface area contributed by atoms with Gasteiger partial charge in [0, 0.05) is 12.1 Å². The molecule has 0 heterocycles. The molecule has 0 rings (SSSR count). The highest BCUT2D eigenvalue weighted by molar-refractivity contribution is 5.85. The molecule has 0 aromatic carbocycles. The maximum Gasteiger partial charge on any atom is 0.237 e. The lowest BCUT2D eigenvalue weighted by molar-refractivity contribution is -0.126. The molecule has 0 aliphatic heterocycles. The normalized spacial score (nSPS) is 11.1. The quantitative estimate of drug-likeness (QED) is 0.809. The average Bonchev–Trinajstić information content (AvgIpc) is 2.17. The zero-order chi connectivity index (χ0) is 14.4. The maximum atomic E-state index is 10.6. The third-order valence-electron chi connectivity index (χ3n) is 3.43. The summed E-state index contributed by atoms with van der Waals surface area (Å²) in [7, 11) is 7.72. The predicted molar refractivity (Wildman–Crippen MR) is 88.3 cm³/mol. The first kappa shape index (κ1) is 27.3. The summed E-state index contributed by atoms with van der Waals surface area (Å²) in [6.45, 7) is 8.52.